The number of esters is 1. The van der Waals surface area contributed by atoms with E-state index in [0.717, 1.165) is 21.9 Å². The Bertz CT molecular complexity index is 534. The minimum Gasteiger partial charge on any atom is -0.469 e. The molecule has 2 rings (SSSR count). The summed E-state index contributed by atoms with van der Waals surface area (Å²) < 4.78 is 4.68. The highest BCUT2D eigenvalue weighted by Gasteiger charge is 2.07. The summed E-state index contributed by atoms with van der Waals surface area (Å²) in [6.07, 6.45) is 3.87. The van der Waals surface area contributed by atoms with Gasteiger partial charge in [0.15, 0.2) is 0 Å². The van der Waals surface area contributed by atoms with E-state index in [4.69, 9.17) is 0 Å². The van der Waals surface area contributed by atoms with Gasteiger partial charge in [-0.1, -0.05) is 12.1 Å². The van der Waals surface area contributed by atoms with Crippen LogP contribution in [0.15, 0.2) is 30.6 Å². The third kappa shape index (κ3) is 1.89. The molecule has 1 aromatic heterocycles. The largest absolute Gasteiger partial charge is 0.469 e. The maximum Gasteiger partial charge on any atom is 0.309 e. The third-order valence-corrected chi connectivity index (χ3v) is 2.69. The van der Waals surface area contributed by atoms with Crippen LogP contribution in [0.2, 0.25) is 0 Å². The van der Waals surface area contributed by atoms with Crippen LogP contribution < -0.4 is 0 Å². The minimum absolute atomic E-state index is 0.220. The molecule has 0 saturated heterocycles. The number of aryl methyl sites for hydroxylation is 1. The Kier molecular flexibility index (Phi) is 2.86. The van der Waals surface area contributed by atoms with Crippen molar-refractivity contribution in [1.82, 2.24) is 4.98 Å². The molecule has 0 N–H and O–H groups in total. The second-order valence-electron chi connectivity index (χ2n) is 3.72. The third-order valence-electron chi connectivity index (χ3n) is 2.69. The number of ether oxygens (including phenoxy) is 1. The number of hydrogen-bond acceptors (Lipinski definition) is 3. The fraction of sp³-hybridized carbons (Fsp3) is 0.231. The van der Waals surface area contributed by atoms with Crippen LogP contribution in [0, 0.1) is 6.92 Å². The molecule has 1 aromatic carbocycles. The van der Waals surface area contributed by atoms with Crippen molar-refractivity contribution in [3.05, 3.63) is 41.7 Å². The summed E-state index contributed by atoms with van der Waals surface area (Å²) in [5.41, 5.74) is 2.14. The molecule has 16 heavy (non-hydrogen) atoms. The number of aromatic nitrogens is 1. The van der Waals surface area contributed by atoms with Crippen LogP contribution in [0.25, 0.3) is 10.8 Å². The topological polar surface area (TPSA) is 39.2 Å². The van der Waals surface area contributed by atoms with Gasteiger partial charge < -0.3 is 4.74 Å². The molecule has 0 radical (unpaired) electrons. The van der Waals surface area contributed by atoms with E-state index >= 15 is 0 Å². The first-order chi connectivity index (χ1) is 7.72. The molecule has 0 aliphatic carbocycles. The SMILES string of the molecule is COC(=O)Cc1ccc(C)c2cnccc12. The van der Waals surface area contributed by atoms with Crippen LogP contribution in [0.1, 0.15) is 11.1 Å². The van der Waals surface area contributed by atoms with Gasteiger partial charge in [0.25, 0.3) is 0 Å². The molecule has 0 saturated carbocycles. The van der Waals surface area contributed by atoms with E-state index in [-0.39, 0.29) is 5.97 Å². The number of pyridine rings is 1. The van der Waals surface area contributed by atoms with Crippen molar-refractivity contribution >= 4 is 16.7 Å². The second-order valence-corrected chi connectivity index (χ2v) is 3.72. The summed E-state index contributed by atoms with van der Waals surface area (Å²) in [5.74, 6) is -0.220. The monoisotopic (exact) mass is 215 g/mol. The van der Waals surface area contributed by atoms with Crippen molar-refractivity contribution in [2.45, 2.75) is 13.3 Å². The maximum absolute atomic E-state index is 11.3. The molecule has 1 heterocycles. The molecule has 0 spiro atoms. The molecule has 0 aliphatic heterocycles. The van der Waals surface area contributed by atoms with Gasteiger partial charge >= 0.3 is 5.97 Å². The number of rotatable bonds is 2. The van der Waals surface area contributed by atoms with E-state index in [1.165, 1.54) is 7.11 Å². The van der Waals surface area contributed by atoms with Crippen molar-refractivity contribution in [3.63, 3.8) is 0 Å². The lowest BCUT2D eigenvalue weighted by molar-refractivity contribution is -0.139. The summed E-state index contributed by atoms with van der Waals surface area (Å²) in [6, 6.07) is 5.90. The summed E-state index contributed by atoms with van der Waals surface area (Å²) in [6.45, 7) is 2.03. The Balaban J connectivity index is 2.54. The van der Waals surface area contributed by atoms with Gasteiger partial charge in [0.2, 0.25) is 0 Å². The molecule has 0 aliphatic rings. The summed E-state index contributed by atoms with van der Waals surface area (Å²) in [7, 11) is 1.40. The quantitative estimate of drug-likeness (QED) is 0.721. The zero-order chi connectivity index (χ0) is 11.5. The molecule has 0 atom stereocenters. The summed E-state index contributed by atoms with van der Waals surface area (Å²) in [4.78, 5) is 15.4. The highest BCUT2D eigenvalue weighted by Crippen LogP contribution is 2.21. The number of fused-ring (bicyclic) bond motifs is 1. The Labute approximate surface area is 94.1 Å². The van der Waals surface area contributed by atoms with Crippen LogP contribution in [0.3, 0.4) is 0 Å². The number of carbonyl (C=O) groups excluding carboxylic acids is 1. The van der Waals surface area contributed by atoms with E-state index in [1.54, 1.807) is 6.20 Å². The predicted octanol–water partition coefficient (Wildman–Crippen LogP) is 2.26. The van der Waals surface area contributed by atoms with Gasteiger partial charge in [-0.3, -0.25) is 9.78 Å². The number of hydrogen-bond donors (Lipinski definition) is 0. The van der Waals surface area contributed by atoms with Crippen LogP contribution >= 0.6 is 0 Å². The molecule has 82 valence electrons. The molecule has 0 unspecified atom stereocenters. The average Bonchev–Trinajstić information content (AvgIpc) is 2.33. The van der Waals surface area contributed by atoms with E-state index in [1.807, 2.05) is 31.3 Å². The smallest absolute Gasteiger partial charge is 0.309 e. The summed E-state index contributed by atoms with van der Waals surface area (Å²) in [5, 5.41) is 2.16. The minimum atomic E-state index is -0.220. The second kappa shape index (κ2) is 4.31. The van der Waals surface area contributed by atoms with E-state index in [9.17, 15) is 4.79 Å². The molecule has 3 heteroatoms. The first kappa shape index (κ1) is 10.6. The predicted molar refractivity (Wildman–Crippen MR) is 62.2 cm³/mol. The van der Waals surface area contributed by atoms with Crippen molar-refractivity contribution in [1.29, 1.82) is 0 Å². The lowest BCUT2D eigenvalue weighted by Crippen LogP contribution is -2.05. The van der Waals surface area contributed by atoms with Crippen molar-refractivity contribution < 1.29 is 9.53 Å². The van der Waals surface area contributed by atoms with Crippen molar-refractivity contribution in [2.75, 3.05) is 7.11 Å². The maximum atomic E-state index is 11.3. The van der Waals surface area contributed by atoms with Gasteiger partial charge in [0, 0.05) is 17.8 Å². The van der Waals surface area contributed by atoms with Crippen molar-refractivity contribution in [2.24, 2.45) is 0 Å². The van der Waals surface area contributed by atoms with Crippen LogP contribution in [0.5, 0.6) is 0 Å². The molecule has 2 aromatic rings. The number of benzene rings is 1. The van der Waals surface area contributed by atoms with Gasteiger partial charge in [0.05, 0.1) is 13.5 Å². The van der Waals surface area contributed by atoms with Crippen molar-refractivity contribution in [3.8, 4) is 0 Å². The zero-order valence-corrected chi connectivity index (χ0v) is 9.36. The Morgan fingerprint density at radius 2 is 2.12 bits per heavy atom. The van der Waals surface area contributed by atoms with Gasteiger partial charge in [-0.05, 0) is 29.5 Å². The normalized spacial score (nSPS) is 10.4. The highest BCUT2D eigenvalue weighted by atomic mass is 16.5. The average molecular weight is 215 g/mol. The lowest BCUT2D eigenvalue weighted by Gasteiger charge is -2.07. The fourth-order valence-corrected chi connectivity index (χ4v) is 1.78. The van der Waals surface area contributed by atoms with Gasteiger partial charge in [-0.25, -0.2) is 0 Å². The fourth-order valence-electron chi connectivity index (χ4n) is 1.78. The number of nitrogens with zero attached hydrogens (tertiary/aromatic N) is 1. The van der Waals surface area contributed by atoms with Gasteiger partial charge in [0.1, 0.15) is 0 Å². The molecular formula is C13H13NO2. The Hall–Kier alpha value is -1.90. The van der Waals surface area contributed by atoms with Crippen LogP contribution in [0.4, 0.5) is 0 Å². The molecule has 0 amide bonds. The van der Waals surface area contributed by atoms with Crippen LogP contribution in [-0.2, 0) is 16.0 Å². The molecule has 0 bridgehead atoms. The Morgan fingerprint density at radius 3 is 2.88 bits per heavy atom. The first-order valence-corrected chi connectivity index (χ1v) is 5.11. The Morgan fingerprint density at radius 1 is 1.31 bits per heavy atom. The molecule has 3 nitrogen and oxygen atoms in total. The number of carbonyl (C=O) groups is 1. The van der Waals surface area contributed by atoms with Gasteiger partial charge in [-0.2, -0.15) is 0 Å². The molecule has 0 fully saturated rings. The number of methoxy groups -OCH3 is 1. The van der Waals surface area contributed by atoms with Gasteiger partial charge in [-0.15, -0.1) is 0 Å². The summed E-state index contributed by atoms with van der Waals surface area (Å²) >= 11 is 0. The first-order valence-electron chi connectivity index (χ1n) is 5.11. The molecular weight excluding hydrogens is 202 g/mol. The highest BCUT2D eigenvalue weighted by molar-refractivity contribution is 5.90. The lowest BCUT2D eigenvalue weighted by atomic mass is 10.0. The van der Waals surface area contributed by atoms with E-state index in [2.05, 4.69) is 9.72 Å². The standard InChI is InChI=1S/C13H13NO2/c1-9-3-4-10(7-13(15)16-2)11-5-6-14-8-12(9)11/h3-6,8H,7H2,1-2H3. The van der Waals surface area contributed by atoms with E-state index < -0.39 is 0 Å². The zero-order valence-electron chi connectivity index (χ0n) is 9.36. The van der Waals surface area contributed by atoms with E-state index in [0.29, 0.717) is 6.42 Å². The van der Waals surface area contributed by atoms with Crippen LogP contribution in [-0.4, -0.2) is 18.1 Å².